The van der Waals surface area contributed by atoms with Crippen LogP contribution in [0.3, 0.4) is 0 Å². The highest BCUT2D eigenvalue weighted by atomic mass is 16.2. The number of urea groups is 1. The minimum Gasteiger partial charge on any atom is -0.359 e. The Morgan fingerprint density at radius 2 is 1.95 bits per heavy atom. The molecule has 0 saturated carbocycles. The Hall–Kier alpha value is -2.04. The van der Waals surface area contributed by atoms with Gasteiger partial charge in [-0.15, -0.1) is 0 Å². The van der Waals surface area contributed by atoms with Crippen molar-refractivity contribution in [3.63, 3.8) is 0 Å². The van der Waals surface area contributed by atoms with Crippen molar-refractivity contribution in [1.82, 2.24) is 10.6 Å². The van der Waals surface area contributed by atoms with Crippen LogP contribution in [-0.2, 0) is 11.2 Å². The van der Waals surface area contributed by atoms with Crippen LogP contribution in [0.4, 0.5) is 10.5 Å². The third-order valence-corrected chi connectivity index (χ3v) is 2.89. The van der Waals surface area contributed by atoms with Crippen molar-refractivity contribution >= 4 is 17.6 Å². The van der Waals surface area contributed by atoms with E-state index >= 15 is 0 Å². The molecule has 0 aliphatic heterocycles. The topological polar surface area (TPSA) is 70.2 Å². The minimum absolute atomic E-state index is 0.0865. The van der Waals surface area contributed by atoms with E-state index in [0.717, 1.165) is 12.0 Å². The molecule has 3 N–H and O–H groups in total. The van der Waals surface area contributed by atoms with Gasteiger partial charge in [-0.1, -0.05) is 25.1 Å². The van der Waals surface area contributed by atoms with Gasteiger partial charge < -0.3 is 16.0 Å². The Morgan fingerprint density at radius 3 is 2.58 bits per heavy atom. The molecule has 1 unspecified atom stereocenters. The number of benzene rings is 1. The van der Waals surface area contributed by atoms with Crippen LogP contribution in [0.15, 0.2) is 24.3 Å². The van der Waals surface area contributed by atoms with E-state index in [1.54, 1.807) is 13.1 Å². The number of para-hydroxylation sites is 1. The number of nitrogens with one attached hydrogen (secondary N) is 3. The average molecular weight is 263 g/mol. The average Bonchev–Trinajstić information content (AvgIpc) is 2.40. The second-order valence-corrected chi connectivity index (χ2v) is 4.41. The van der Waals surface area contributed by atoms with Gasteiger partial charge in [-0.05, 0) is 25.0 Å². The highest BCUT2D eigenvalue weighted by Gasteiger charge is 2.10. The summed E-state index contributed by atoms with van der Waals surface area (Å²) >= 11 is 0. The summed E-state index contributed by atoms with van der Waals surface area (Å²) in [5.41, 5.74) is 1.45. The van der Waals surface area contributed by atoms with Crippen LogP contribution in [0.1, 0.15) is 25.8 Å². The molecule has 1 aromatic rings. The molecule has 0 spiro atoms. The first-order valence-corrected chi connectivity index (χ1v) is 6.42. The molecule has 0 fully saturated rings. The van der Waals surface area contributed by atoms with Gasteiger partial charge in [-0.25, -0.2) is 4.79 Å². The highest BCUT2D eigenvalue weighted by Crippen LogP contribution is 2.15. The van der Waals surface area contributed by atoms with Crippen molar-refractivity contribution in [2.75, 3.05) is 12.4 Å². The number of carbonyl (C=O) groups excluding carboxylic acids is 2. The molecule has 104 valence electrons. The van der Waals surface area contributed by atoms with E-state index in [9.17, 15) is 9.59 Å². The van der Waals surface area contributed by atoms with Crippen molar-refractivity contribution < 1.29 is 9.59 Å². The van der Waals surface area contributed by atoms with Crippen molar-refractivity contribution in [3.8, 4) is 0 Å². The predicted octanol–water partition coefficient (Wildman–Crippen LogP) is 1.90. The Balaban J connectivity index is 2.72. The first-order chi connectivity index (χ1) is 9.06. The van der Waals surface area contributed by atoms with Crippen LogP contribution >= 0.6 is 0 Å². The summed E-state index contributed by atoms with van der Waals surface area (Å²) in [6, 6.07) is 7.15. The summed E-state index contributed by atoms with van der Waals surface area (Å²) in [7, 11) is 1.59. The lowest BCUT2D eigenvalue weighted by Gasteiger charge is -2.14. The third kappa shape index (κ3) is 4.99. The largest absolute Gasteiger partial charge is 0.359 e. The smallest absolute Gasteiger partial charge is 0.319 e. The number of amides is 3. The zero-order chi connectivity index (χ0) is 14.3. The van der Waals surface area contributed by atoms with Gasteiger partial charge in [0.2, 0.25) is 5.91 Å². The van der Waals surface area contributed by atoms with Crippen LogP contribution in [-0.4, -0.2) is 25.0 Å². The molecular formula is C14H21N3O2. The Bertz CT molecular complexity index is 446. The number of likely N-dealkylation sites (N-methyl/N-ethyl adjacent to an activating group) is 1. The zero-order valence-corrected chi connectivity index (χ0v) is 11.6. The molecule has 0 heterocycles. The van der Waals surface area contributed by atoms with Gasteiger partial charge in [-0.2, -0.15) is 0 Å². The molecule has 3 amide bonds. The molecule has 0 aromatic heterocycles. The quantitative estimate of drug-likeness (QED) is 0.759. The summed E-state index contributed by atoms with van der Waals surface area (Å²) in [5, 5.41) is 8.17. The lowest BCUT2D eigenvalue weighted by atomic mass is 10.1. The van der Waals surface area contributed by atoms with Gasteiger partial charge in [-0.3, -0.25) is 4.79 Å². The molecule has 0 radical (unpaired) electrons. The molecule has 5 nitrogen and oxygen atoms in total. The summed E-state index contributed by atoms with van der Waals surface area (Å²) < 4.78 is 0. The van der Waals surface area contributed by atoms with E-state index in [0.29, 0.717) is 5.69 Å². The minimum atomic E-state index is -0.251. The maximum absolute atomic E-state index is 11.8. The monoisotopic (exact) mass is 263 g/mol. The number of hydrogen-bond donors (Lipinski definition) is 3. The van der Waals surface area contributed by atoms with E-state index in [1.165, 1.54) is 0 Å². The van der Waals surface area contributed by atoms with Crippen molar-refractivity contribution in [2.45, 2.75) is 32.7 Å². The van der Waals surface area contributed by atoms with Crippen LogP contribution in [0.5, 0.6) is 0 Å². The van der Waals surface area contributed by atoms with Crippen molar-refractivity contribution in [1.29, 1.82) is 0 Å². The van der Waals surface area contributed by atoms with Crippen LogP contribution < -0.4 is 16.0 Å². The third-order valence-electron chi connectivity index (χ3n) is 2.89. The molecule has 5 heteroatoms. The maximum atomic E-state index is 11.8. The first-order valence-electron chi connectivity index (χ1n) is 6.42. The number of rotatable bonds is 5. The molecule has 0 aliphatic carbocycles. The van der Waals surface area contributed by atoms with Gasteiger partial charge in [0.1, 0.15) is 0 Å². The Kier molecular flexibility index (Phi) is 5.85. The van der Waals surface area contributed by atoms with Crippen LogP contribution in [0.2, 0.25) is 0 Å². The summed E-state index contributed by atoms with van der Waals surface area (Å²) in [6.45, 7) is 3.94. The Labute approximate surface area is 113 Å². The van der Waals surface area contributed by atoms with Gasteiger partial charge in [0, 0.05) is 18.8 Å². The zero-order valence-electron chi connectivity index (χ0n) is 11.6. The first kappa shape index (κ1) is 15.0. The van der Waals surface area contributed by atoms with Gasteiger partial charge >= 0.3 is 6.03 Å². The van der Waals surface area contributed by atoms with Crippen LogP contribution in [0, 0.1) is 0 Å². The number of anilines is 1. The Morgan fingerprint density at radius 1 is 1.26 bits per heavy atom. The molecule has 1 aromatic carbocycles. The molecule has 0 aliphatic rings. The molecule has 0 bridgehead atoms. The molecule has 1 rings (SSSR count). The van der Waals surface area contributed by atoms with Crippen molar-refractivity contribution in [3.05, 3.63) is 29.8 Å². The molecule has 19 heavy (non-hydrogen) atoms. The fourth-order valence-corrected chi connectivity index (χ4v) is 1.54. The van der Waals surface area contributed by atoms with Gasteiger partial charge in [0.25, 0.3) is 0 Å². The fourth-order valence-electron chi connectivity index (χ4n) is 1.54. The summed E-state index contributed by atoms with van der Waals surface area (Å²) in [5.74, 6) is -0.0865. The van der Waals surface area contributed by atoms with E-state index < -0.39 is 0 Å². The van der Waals surface area contributed by atoms with E-state index in [4.69, 9.17) is 0 Å². The highest BCUT2D eigenvalue weighted by molar-refractivity contribution is 5.91. The number of hydrogen-bond acceptors (Lipinski definition) is 2. The summed E-state index contributed by atoms with van der Waals surface area (Å²) in [4.78, 5) is 23.2. The maximum Gasteiger partial charge on any atom is 0.319 e. The van der Waals surface area contributed by atoms with Crippen molar-refractivity contribution in [2.24, 2.45) is 0 Å². The number of carbonyl (C=O) groups is 2. The van der Waals surface area contributed by atoms with Gasteiger partial charge in [0.05, 0.1) is 6.42 Å². The molecule has 0 saturated heterocycles. The second-order valence-electron chi connectivity index (χ2n) is 4.41. The normalized spacial score (nSPS) is 11.5. The fraction of sp³-hybridized carbons (Fsp3) is 0.429. The molecular weight excluding hydrogens is 242 g/mol. The van der Waals surface area contributed by atoms with E-state index in [2.05, 4.69) is 16.0 Å². The van der Waals surface area contributed by atoms with Crippen LogP contribution in [0.25, 0.3) is 0 Å². The lowest BCUT2D eigenvalue weighted by Crippen LogP contribution is -2.36. The van der Waals surface area contributed by atoms with Gasteiger partial charge in [0.15, 0.2) is 0 Å². The van der Waals surface area contributed by atoms with E-state index in [-0.39, 0.29) is 24.4 Å². The molecule has 1 atom stereocenters. The SMILES string of the molecule is CCC(C)NC(=O)Nc1ccccc1CC(=O)NC. The standard InChI is InChI=1S/C14H21N3O2/c1-4-10(2)16-14(19)17-12-8-6-5-7-11(12)9-13(18)15-3/h5-8,10H,4,9H2,1-3H3,(H,15,18)(H2,16,17,19). The second kappa shape index (κ2) is 7.41. The summed E-state index contributed by atoms with van der Waals surface area (Å²) in [6.07, 6.45) is 1.11. The predicted molar refractivity (Wildman–Crippen MR) is 76.1 cm³/mol. The van der Waals surface area contributed by atoms with E-state index in [1.807, 2.05) is 32.0 Å². The lowest BCUT2D eigenvalue weighted by molar-refractivity contribution is -0.119.